The number of carbonyl (C=O) groups excluding carboxylic acids is 1. The molecule has 1 atom stereocenters. The monoisotopic (exact) mass is 357 g/mol. The number of carboxylic acid groups (broad SMARTS) is 1. The largest absolute Gasteiger partial charge is 0.493 e. The van der Waals surface area contributed by atoms with Crippen molar-refractivity contribution in [3.8, 4) is 11.5 Å². The molecule has 2 aromatic carbocycles. The third-order valence-corrected chi connectivity index (χ3v) is 4.34. The van der Waals surface area contributed by atoms with Gasteiger partial charge in [0, 0.05) is 5.56 Å². The molecule has 0 heterocycles. The highest BCUT2D eigenvalue weighted by Crippen LogP contribution is 2.31. The molecule has 138 valence electrons. The van der Waals surface area contributed by atoms with E-state index >= 15 is 0 Å². The van der Waals surface area contributed by atoms with Crippen LogP contribution in [-0.4, -0.2) is 31.2 Å². The molecule has 0 bridgehead atoms. The summed E-state index contributed by atoms with van der Waals surface area (Å²) in [4.78, 5) is 24.0. The van der Waals surface area contributed by atoms with Gasteiger partial charge in [-0.1, -0.05) is 18.2 Å². The van der Waals surface area contributed by atoms with Gasteiger partial charge in [0.05, 0.1) is 26.7 Å². The van der Waals surface area contributed by atoms with Crippen LogP contribution in [0.3, 0.4) is 0 Å². The molecule has 2 N–H and O–H groups in total. The van der Waals surface area contributed by atoms with E-state index in [0.29, 0.717) is 22.6 Å². The number of carbonyl (C=O) groups is 2. The molecule has 6 heteroatoms. The van der Waals surface area contributed by atoms with Gasteiger partial charge in [0.1, 0.15) is 0 Å². The lowest BCUT2D eigenvalue weighted by Gasteiger charge is -2.20. The number of aryl methyl sites for hydroxylation is 1. The Morgan fingerprint density at radius 2 is 1.77 bits per heavy atom. The molecule has 0 aliphatic rings. The van der Waals surface area contributed by atoms with Gasteiger partial charge < -0.3 is 19.9 Å². The highest BCUT2D eigenvalue weighted by Gasteiger charge is 2.21. The van der Waals surface area contributed by atoms with E-state index in [4.69, 9.17) is 9.47 Å². The van der Waals surface area contributed by atoms with Gasteiger partial charge in [-0.3, -0.25) is 9.59 Å². The lowest BCUT2D eigenvalue weighted by atomic mass is 10.00. The standard InChI is InChI=1S/C20H23NO5/c1-12-6-5-7-15(13(12)2)20(24)21-16(11-19(22)23)14-8-9-17(25-3)18(10-14)26-4/h5-10,16H,11H2,1-4H3,(H,21,24)(H,22,23). The first-order chi connectivity index (χ1) is 12.4. The van der Waals surface area contributed by atoms with Gasteiger partial charge in [-0.25, -0.2) is 0 Å². The number of benzene rings is 2. The number of hydrogen-bond donors (Lipinski definition) is 2. The first kappa shape index (κ1) is 19.3. The van der Waals surface area contributed by atoms with Crippen LogP contribution in [0.25, 0.3) is 0 Å². The maximum Gasteiger partial charge on any atom is 0.305 e. The van der Waals surface area contributed by atoms with Crippen LogP contribution >= 0.6 is 0 Å². The normalized spacial score (nSPS) is 11.5. The fraction of sp³-hybridized carbons (Fsp3) is 0.300. The minimum atomic E-state index is -1.01. The highest BCUT2D eigenvalue weighted by atomic mass is 16.5. The Kier molecular flexibility index (Phi) is 6.22. The number of carboxylic acids is 1. The molecule has 0 fully saturated rings. The molecule has 0 radical (unpaired) electrons. The molecular formula is C20H23NO5. The molecule has 0 saturated heterocycles. The first-order valence-corrected chi connectivity index (χ1v) is 8.18. The van der Waals surface area contributed by atoms with Crippen molar-refractivity contribution in [1.82, 2.24) is 5.32 Å². The van der Waals surface area contributed by atoms with Crippen LogP contribution in [0.1, 0.15) is 39.5 Å². The minimum absolute atomic E-state index is 0.244. The van der Waals surface area contributed by atoms with Crippen LogP contribution in [0.2, 0.25) is 0 Å². The van der Waals surface area contributed by atoms with Crippen LogP contribution in [0.15, 0.2) is 36.4 Å². The number of aliphatic carboxylic acids is 1. The molecule has 6 nitrogen and oxygen atoms in total. The Labute approximate surface area is 152 Å². The van der Waals surface area contributed by atoms with Crippen molar-refractivity contribution in [1.29, 1.82) is 0 Å². The molecule has 1 unspecified atom stereocenters. The quantitative estimate of drug-likeness (QED) is 0.794. The summed E-state index contributed by atoms with van der Waals surface area (Å²) in [5.74, 6) is -0.314. The summed E-state index contributed by atoms with van der Waals surface area (Å²) in [6, 6.07) is 9.85. The van der Waals surface area contributed by atoms with Crippen molar-refractivity contribution in [3.05, 3.63) is 58.7 Å². The van der Waals surface area contributed by atoms with Crippen LogP contribution < -0.4 is 14.8 Å². The van der Waals surface area contributed by atoms with E-state index in [2.05, 4.69) is 5.32 Å². The van der Waals surface area contributed by atoms with Crippen molar-refractivity contribution in [3.63, 3.8) is 0 Å². The molecule has 2 aromatic rings. The van der Waals surface area contributed by atoms with Gasteiger partial charge in [-0.05, 0) is 48.7 Å². The van der Waals surface area contributed by atoms with E-state index in [-0.39, 0.29) is 12.3 Å². The lowest BCUT2D eigenvalue weighted by molar-refractivity contribution is -0.137. The Hall–Kier alpha value is -3.02. The predicted octanol–water partition coefficient (Wildman–Crippen LogP) is 3.27. The van der Waals surface area contributed by atoms with E-state index in [1.165, 1.54) is 14.2 Å². The zero-order chi connectivity index (χ0) is 19.3. The molecule has 26 heavy (non-hydrogen) atoms. The Bertz CT molecular complexity index is 816. The highest BCUT2D eigenvalue weighted by molar-refractivity contribution is 5.96. The van der Waals surface area contributed by atoms with Crippen molar-refractivity contribution >= 4 is 11.9 Å². The lowest BCUT2D eigenvalue weighted by Crippen LogP contribution is -2.30. The summed E-state index contributed by atoms with van der Waals surface area (Å²) in [6.07, 6.45) is -0.244. The Balaban J connectivity index is 2.34. The Morgan fingerprint density at radius 1 is 1.08 bits per heavy atom. The van der Waals surface area contributed by atoms with Gasteiger partial charge in [0.15, 0.2) is 11.5 Å². The number of rotatable bonds is 7. The summed E-state index contributed by atoms with van der Waals surface area (Å²) < 4.78 is 10.5. The zero-order valence-electron chi connectivity index (χ0n) is 15.3. The number of amides is 1. The fourth-order valence-corrected chi connectivity index (χ4v) is 2.73. The van der Waals surface area contributed by atoms with Gasteiger partial charge >= 0.3 is 5.97 Å². The Morgan fingerprint density at radius 3 is 2.38 bits per heavy atom. The second-order valence-corrected chi connectivity index (χ2v) is 5.99. The van der Waals surface area contributed by atoms with E-state index in [1.807, 2.05) is 19.9 Å². The van der Waals surface area contributed by atoms with Gasteiger partial charge in [0.25, 0.3) is 5.91 Å². The number of ether oxygens (including phenoxy) is 2. The molecule has 0 saturated carbocycles. The van der Waals surface area contributed by atoms with Crippen LogP contribution in [-0.2, 0) is 4.79 Å². The maximum absolute atomic E-state index is 12.7. The predicted molar refractivity (Wildman–Crippen MR) is 97.9 cm³/mol. The summed E-state index contributed by atoms with van der Waals surface area (Å²) in [7, 11) is 3.02. The first-order valence-electron chi connectivity index (χ1n) is 8.18. The summed E-state index contributed by atoms with van der Waals surface area (Å²) in [5, 5.41) is 12.1. The minimum Gasteiger partial charge on any atom is -0.493 e. The second kappa shape index (κ2) is 8.38. The number of hydrogen-bond acceptors (Lipinski definition) is 4. The molecule has 0 aromatic heterocycles. The van der Waals surface area contributed by atoms with E-state index in [0.717, 1.165) is 11.1 Å². The number of nitrogens with one attached hydrogen (secondary N) is 1. The van der Waals surface area contributed by atoms with E-state index in [9.17, 15) is 14.7 Å². The van der Waals surface area contributed by atoms with E-state index < -0.39 is 12.0 Å². The summed E-state index contributed by atoms with van der Waals surface area (Å²) >= 11 is 0. The fourth-order valence-electron chi connectivity index (χ4n) is 2.73. The average molecular weight is 357 g/mol. The number of methoxy groups -OCH3 is 2. The smallest absolute Gasteiger partial charge is 0.305 e. The molecule has 0 aliphatic carbocycles. The van der Waals surface area contributed by atoms with Crippen LogP contribution in [0.4, 0.5) is 0 Å². The van der Waals surface area contributed by atoms with Crippen molar-refractivity contribution in [2.45, 2.75) is 26.3 Å². The topological polar surface area (TPSA) is 84.9 Å². The summed E-state index contributed by atoms with van der Waals surface area (Å²) in [6.45, 7) is 3.79. The third-order valence-electron chi connectivity index (χ3n) is 4.34. The maximum atomic E-state index is 12.7. The van der Waals surface area contributed by atoms with Crippen molar-refractivity contribution in [2.75, 3.05) is 14.2 Å². The average Bonchev–Trinajstić information content (AvgIpc) is 2.62. The van der Waals surface area contributed by atoms with Crippen molar-refractivity contribution < 1.29 is 24.2 Å². The van der Waals surface area contributed by atoms with Crippen LogP contribution in [0.5, 0.6) is 11.5 Å². The van der Waals surface area contributed by atoms with Gasteiger partial charge in [-0.2, -0.15) is 0 Å². The molecule has 0 spiro atoms. The van der Waals surface area contributed by atoms with Gasteiger partial charge in [0.2, 0.25) is 0 Å². The van der Waals surface area contributed by atoms with Crippen molar-refractivity contribution in [2.24, 2.45) is 0 Å². The zero-order valence-corrected chi connectivity index (χ0v) is 15.3. The molecule has 0 aliphatic heterocycles. The third kappa shape index (κ3) is 4.33. The second-order valence-electron chi connectivity index (χ2n) is 5.99. The molecule has 2 rings (SSSR count). The molecule has 1 amide bonds. The summed E-state index contributed by atoms with van der Waals surface area (Å²) in [5.41, 5.74) is 3.02. The van der Waals surface area contributed by atoms with E-state index in [1.54, 1.807) is 30.3 Å². The molecular weight excluding hydrogens is 334 g/mol. The van der Waals surface area contributed by atoms with Crippen LogP contribution in [0, 0.1) is 13.8 Å². The SMILES string of the molecule is COc1ccc(C(CC(=O)O)NC(=O)c2cccc(C)c2C)cc1OC. The van der Waals surface area contributed by atoms with Gasteiger partial charge in [-0.15, -0.1) is 0 Å².